The first kappa shape index (κ1) is 16.2. The van der Waals surface area contributed by atoms with Gasteiger partial charge in [-0.05, 0) is 30.0 Å². The van der Waals surface area contributed by atoms with E-state index in [0.29, 0.717) is 17.8 Å². The number of hydrogen-bond donors (Lipinski definition) is 0. The van der Waals surface area contributed by atoms with Crippen LogP contribution in [-0.2, 0) is 6.54 Å². The van der Waals surface area contributed by atoms with Crippen LogP contribution in [0.15, 0.2) is 41.1 Å². The van der Waals surface area contributed by atoms with Gasteiger partial charge in [-0.15, -0.1) is 0 Å². The number of hydrogen-bond acceptors (Lipinski definition) is 4. The number of pyridine rings is 1. The van der Waals surface area contributed by atoms with Crippen molar-refractivity contribution >= 4 is 17.0 Å². The molecule has 0 saturated heterocycles. The van der Waals surface area contributed by atoms with Crippen LogP contribution in [0.3, 0.4) is 0 Å². The van der Waals surface area contributed by atoms with E-state index in [1.807, 2.05) is 51.1 Å². The summed E-state index contributed by atoms with van der Waals surface area (Å²) in [6.07, 6.45) is 1.55. The molecular weight excluding hydrogens is 302 g/mol. The summed E-state index contributed by atoms with van der Waals surface area (Å²) in [6, 6.07) is 9.90. The SMILES string of the molecule is Cc1ccccc1CN(C)C(=O)c1cnc2onc(C(C)C)c2c1. The minimum atomic E-state index is -0.0661. The minimum Gasteiger partial charge on any atom is -0.337 e. The maximum absolute atomic E-state index is 12.7. The predicted octanol–water partition coefficient (Wildman–Crippen LogP) is 3.93. The molecule has 0 aliphatic rings. The zero-order chi connectivity index (χ0) is 17.3. The summed E-state index contributed by atoms with van der Waals surface area (Å²) in [4.78, 5) is 18.7. The summed E-state index contributed by atoms with van der Waals surface area (Å²) in [5, 5.41) is 4.86. The van der Waals surface area contributed by atoms with Crippen molar-refractivity contribution in [1.29, 1.82) is 0 Å². The van der Waals surface area contributed by atoms with Crippen LogP contribution in [-0.4, -0.2) is 28.0 Å². The zero-order valence-corrected chi connectivity index (χ0v) is 14.4. The van der Waals surface area contributed by atoms with E-state index in [2.05, 4.69) is 10.1 Å². The smallest absolute Gasteiger partial charge is 0.257 e. The van der Waals surface area contributed by atoms with E-state index in [1.165, 1.54) is 5.56 Å². The van der Waals surface area contributed by atoms with Crippen LogP contribution in [0.25, 0.3) is 11.1 Å². The second-order valence-electron chi connectivity index (χ2n) is 6.39. The largest absolute Gasteiger partial charge is 0.337 e. The van der Waals surface area contributed by atoms with Crippen LogP contribution < -0.4 is 0 Å². The molecule has 0 saturated carbocycles. The molecule has 0 radical (unpaired) electrons. The van der Waals surface area contributed by atoms with Crippen LogP contribution >= 0.6 is 0 Å². The fraction of sp³-hybridized carbons (Fsp3) is 0.316. The summed E-state index contributed by atoms with van der Waals surface area (Å²) in [5.41, 5.74) is 4.15. The Bertz CT molecular complexity index is 883. The summed E-state index contributed by atoms with van der Waals surface area (Å²) >= 11 is 0. The molecule has 0 atom stereocenters. The van der Waals surface area contributed by atoms with E-state index < -0.39 is 0 Å². The number of nitrogens with zero attached hydrogens (tertiary/aromatic N) is 3. The fourth-order valence-corrected chi connectivity index (χ4v) is 2.72. The quantitative estimate of drug-likeness (QED) is 0.730. The molecule has 2 heterocycles. The summed E-state index contributed by atoms with van der Waals surface area (Å²) < 4.78 is 5.23. The molecule has 0 unspecified atom stereocenters. The lowest BCUT2D eigenvalue weighted by Gasteiger charge is -2.18. The van der Waals surface area contributed by atoms with Crippen molar-refractivity contribution in [1.82, 2.24) is 15.0 Å². The van der Waals surface area contributed by atoms with E-state index in [9.17, 15) is 4.79 Å². The van der Waals surface area contributed by atoms with Gasteiger partial charge in [-0.1, -0.05) is 43.3 Å². The Labute approximate surface area is 141 Å². The third-order valence-corrected chi connectivity index (χ3v) is 4.17. The van der Waals surface area contributed by atoms with Gasteiger partial charge in [-0.3, -0.25) is 4.79 Å². The third kappa shape index (κ3) is 3.02. The molecule has 3 aromatic rings. The van der Waals surface area contributed by atoms with E-state index in [4.69, 9.17) is 4.52 Å². The molecular formula is C19H21N3O2. The van der Waals surface area contributed by atoms with E-state index in [0.717, 1.165) is 16.6 Å². The average molecular weight is 323 g/mol. The highest BCUT2D eigenvalue weighted by Gasteiger charge is 2.18. The molecule has 1 amide bonds. The average Bonchev–Trinajstić information content (AvgIpc) is 2.99. The lowest BCUT2D eigenvalue weighted by Crippen LogP contribution is -2.26. The number of rotatable bonds is 4. The number of aromatic nitrogens is 2. The van der Waals surface area contributed by atoms with Crippen LogP contribution in [0.1, 0.15) is 46.9 Å². The van der Waals surface area contributed by atoms with Gasteiger partial charge >= 0.3 is 0 Å². The van der Waals surface area contributed by atoms with Crippen molar-refractivity contribution in [3.8, 4) is 0 Å². The van der Waals surface area contributed by atoms with Gasteiger partial charge in [-0.2, -0.15) is 0 Å². The molecule has 1 aromatic carbocycles. The van der Waals surface area contributed by atoms with Crippen molar-refractivity contribution in [3.63, 3.8) is 0 Å². The molecule has 5 nitrogen and oxygen atoms in total. The summed E-state index contributed by atoms with van der Waals surface area (Å²) in [5.74, 6) is 0.145. The molecule has 5 heteroatoms. The van der Waals surface area contributed by atoms with Gasteiger partial charge in [0.25, 0.3) is 11.6 Å². The topological polar surface area (TPSA) is 59.2 Å². The molecule has 0 spiro atoms. The number of aryl methyl sites for hydroxylation is 1. The Morgan fingerprint density at radius 3 is 2.75 bits per heavy atom. The summed E-state index contributed by atoms with van der Waals surface area (Å²) in [6.45, 7) is 6.68. The van der Waals surface area contributed by atoms with Crippen molar-refractivity contribution in [3.05, 3.63) is 58.9 Å². The Hall–Kier alpha value is -2.69. The Morgan fingerprint density at radius 1 is 1.29 bits per heavy atom. The molecule has 0 bridgehead atoms. The standard InChI is InChI=1S/C19H21N3O2/c1-12(2)17-16-9-15(10-20-18(16)24-21-17)19(23)22(4)11-14-8-6-5-7-13(14)3/h5-10,12H,11H2,1-4H3. The number of carbonyl (C=O) groups is 1. The molecule has 24 heavy (non-hydrogen) atoms. The highest BCUT2D eigenvalue weighted by Crippen LogP contribution is 2.24. The molecule has 0 aliphatic carbocycles. The molecule has 124 valence electrons. The first-order valence-electron chi connectivity index (χ1n) is 8.02. The molecule has 0 fully saturated rings. The third-order valence-electron chi connectivity index (χ3n) is 4.17. The van der Waals surface area contributed by atoms with Gasteiger partial charge in [0.15, 0.2) is 0 Å². The first-order chi connectivity index (χ1) is 11.5. The van der Waals surface area contributed by atoms with Crippen LogP contribution in [0, 0.1) is 6.92 Å². The van der Waals surface area contributed by atoms with Crippen molar-refractivity contribution in [2.24, 2.45) is 0 Å². The Kier molecular flexibility index (Phi) is 4.34. The lowest BCUT2D eigenvalue weighted by atomic mass is 10.1. The predicted molar refractivity (Wildman–Crippen MR) is 92.9 cm³/mol. The molecule has 3 rings (SSSR count). The monoisotopic (exact) mass is 323 g/mol. The maximum atomic E-state index is 12.7. The minimum absolute atomic E-state index is 0.0661. The highest BCUT2D eigenvalue weighted by molar-refractivity contribution is 5.96. The maximum Gasteiger partial charge on any atom is 0.257 e. The van der Waals surface area contributed by atoms with Crippen LogP contribution in [0.4, 0.5) is 0 Å². The lowest BCUT2D eigenvalue weighted by molar-refractivity contribution is 0.0784. The van der Waals surface area contributed by atoms with Crippen molar-refractivity contribution < 1.29 is 9.32 Å². The van der Waals surface area contributed by atoms with E-state index in [-0.39, 0.29) is 11.8 Å². The normalized spacial score (nSPS) is 11.2. The van der Waals surface area contributed by atoms with Crippen LogP contribution in [0.2, 0.25) is 0 Å². The Balaban J connectivity index is 1.87. The van der Waals surface area contributed by atoms with E-state index >= 15 is 0 Å². The second-order valence-corrected chi connectivity index (χ2v) is 6.39. The van der Waals surface area contributed by atoms with Crippen LogP contribution in [0.5, 0.6) is 0 Å². The Morgan fingerprint density at radius 2 is 2.04 bits per heavy atom. The van der Waals surface area contributed by atoms with Gasteiger partial charge in [0, 0.05) is 19.8 Å². The highest BCUT2D eigenvalue weighted by atomic mass is 16.5. The first-order valence-corrected chi connectivity index (χ1v) is 8.02. The van der Waals surface area contributed by atoms with Crippen molar-refractivity contribution in [2.75, 3.05) is 7.05 Å². The van der Waals surface area contributed by atoms with Crippen molar-refractivity contribution in [2.45, 2.75) is 33.2 Å². The van der Waals surface area contributed by atoms with Gasteiger partial charge < -0.3 is 9.42 Å². The second kappa shape index (κ2) is 6.43. The molecule has 0 aliphatic heterocycles. The van der Waals surface area contributed by atoms with Gasteiger partial charge in [0.05, 0.1) is 16.6 Å². The zero-order valence-electron chi connectivity index (χ0n) is 14.4. The molecule has 2 aromatic heterocycles. The number of benzene rings is 1. The number of carbonyl (C=O) groups excluding carboxylic acids is 1. The number of fused-ring (bicyclic) bond motifs is 1. The van der Waals surface area contributed by atoms with Gasteiger partial charge in [0.2, 0.25) is 0 Å². The van der Waals surface area contributed by atoms with Gasteiger partial charge in [-0.25, -0.2) is 4.98 Å². The number of amides is 1. The molecule has 0 N–H and O–H groups in total. The van der Waals surface area contributed by atoms with E-state index in [1.54, 1.807) is 18.1 Å². The van der Waals surface area contributed by atoms with Gasteiger partial charge in [0.1, 0.15) is 0 Å². The summed E-state index contributed by atoms with van der Waals surface area (Å²) in [7, 11) is 1.80. The fourth-order valence-electron chi connectivity index (χ4n) is 2.72.